The van der Waals surface area contributed by atoms with Crippen LogP contribution in [0.2, 0.25) is 0 Å². The Morgan fingerprint density at radius 1 is 1.22 bits per heavy atom. The molecule has 4 heteroatoms. The molecule has 0 amide bonds. The molecule has 0 saturated heterocycles. The van der Waals surface area contributed by atoms with Gasteiger partial charge < -0.3 is 19.3 Å². The molecule has 0 aliphatic heterocycles. The lowest BCUT2D eigenvalue weighted by Gasteiger charge is -2.28. The van der Waals surface area contributed by atoms with Crippen LogP contribution in [0.15, 0.2) is 18.2 Å². The summed E-state index contributed by atoms with van der Waals surface area (Å²) in [6, 6.07) is 5.11. The van der Waals surface area contributed by atoms with E-state index in [9.17, 15) is 5.11 Å². The van der Waals surface area contributed by atoms with Crippen LogP contribution >= 0.6 is 0 Å². The van der Waals surface area contributed by atoms with Crippen molar-refractivity contribution >= 4 is 0 Å². The molecular formula is C14H22O4. The standard InChI is InChI=1S/C14H22O4/c1-14(2,18-5)9-13(17-4)11-8-10(16-3)6-7-12(11)15/h6-8,13,15H,9H2,1-5H3. The fourth-order valence-electron chi connectivity index (χ4n) is 1.77. The maximum atomic E-state index is 9.93. The molecule has 1 aromatic carbocycles. The molecule has 1 atom stereocenters. The fraction of sp³-hybridized carbons (Fsp3) is 0.571. The summed E-state index contributed by atoms with van der Waals surface area (Å²) < 4.78 is 16.0. The largest absolute Gasteiger partial charge is 0.508 e. The van der Waals surface area contributed by atoms with Crippen molar-refractivity contribution in [3.8, 4) is 11.5 Å². The first-order valence-electron chi connectivity index (χ1n) is 5.88. The van der Waals surface area contributed by atoms with Gasteiger partial charge in [-0.15, -0.1) is 0 Å². The molecule has 4 nitrogen and oxygen atoms in total. The van der Waals surface area contributed by atoms with Crippen molar-refractivity contribution in [2.24, 2.45) is 0 Å². The first kappa shape index (κ1) is 14.8. The van der Waals surface area contributed by atoms with Crippen molar-refractivity contribution < 1.29 is 19.3 Å². The number of rotatable bonds is 6. The lowest BCUT2D eigenvalue weighted by molar-refractivity contribution is -0.0329. The van der Waals surface area contributed by atoms with Gasteiger partial charge >= 0.3 is 0 Å². The first-order valence-corrected chi connectivity index (χ1v) is 5.88. The molecule has 0 aromatic heterocycles. The Kier molecular flexibility index (Phi) is 4.99. The summed E-state index contributed by atoms with van der Waals surface area (Å²) in [7, 11) is 4.88. The van der Waals surface area contributed by atoms with E-state index in [1.165, 1.54) is 0 Å². The van der Waals surface area contributed by atoms with E-state index in [-0.39, 0.29) is 17.5 Å². The first-order chi connectivity index (χ1) is 8.43. The van der Waals surface area contributed by atoms with Crippen molar-refractivity contribution in [3.63, 3.8) is 0 Å². The average Bonchev–Trinajstić information content (AvgIpc) is 2.37. The van der Waals surface area contributed by atoms with Crippen LogP contribution in [0.3, 0.4) is 0 Å². The summed E-state index contributed by atoms with van der Waals surface area (Å²) in [5.74, 6) is 0.898. The van der Waals surface area contributed by atoms with Gasteiger partial charge in [-0.2, -0.15) is 0 Å². The second-order valence-electron chi connectivity index (χ2n) is 4.82. The minimum absolute atomic E-state index is 0.203. The summed E-state index contributed by atoms with van der Waals surface area (Å²) >= 11 is 0. The second-order valence-corrected chi connectivity index (χ2v) is 4.82. The number of benzene rings is 1. The van der Waals surface area contributed by atoms with Crippen LogP contribution < -0.4 is 4.74 Å². The monoisotopic (exact) mass is 254 g/mol. The minimum Gasteiger partial charge on any atom is -0.508 e. The van der Waals surface area contributed by atoms with E-state index in [0.717, 1.165) is 0 Å². The molecule has 0 aliphatic carbocycles. The van der Waals surface area contributed by atoms with Crippen LogP contribution in [-0.4, -0.2) is 32.0 Å². The van der Waals surface area contributed by atoms with Gasteiger partial charge in [0.15, 0.2) is 0 Å². The predicted molar refractivity (Wildman–Crippen MR) is 70.1 cm³/mol. The van der Waals surface area contributed by atoms with Crippen molar-refractivity contribution in [1.82, 2.24) is 0 Å². The number of aromatic hydroxyl groups is 1. The highest BCUT2D eigenvalue weighted by Gasteiger charge is 2.26. The molecule has 0 spiro atoms. The van der Waals surface area contributed by atoms with E-state index in [1.54, 1.807) is 39.5 Å². The zero-order chi connectivity index (χ0) is 13.8. The Morgan fingerprint density at radius 2 is 1.89 bits per heavy atom. The molecule has 0 bridgehead atoms. The molecule has 0 aliphatic rings. The van der Waals surface area contributed by atoms with E-state index < -0.39 is 0 Å². The number of methoxy groups -OCH3 is 3. The third-order valence-electron chi connectivity index (χ3n) is 3.10. The van der Waals surface area contributed by atoms with Crippen molar-refractivity contribution in [1.29, 1.82) is 0 Å². The van der Waals surface area contributed by atoms with E-state index >= 15 is 0 Å². The van der Waals surface area contributed by atoms with Gasteiger partial charge in [0.25, 0.3) is 0 Å². The number of hydrogen-bond donors (Lipinski definition) is 1. The molecule has 1 aromatic rings. The van der Waals surface area contributed by atoms with Gasteiger partial charge in [-0.25, -0.2) is 0 Å². The SMILES string of the molecule is COc1ccc(O)c(C(CC(C)(C)OC)OC)c1. The van der Waals surface area contributed by atoms with Gasteiger partial charge in [-0.1, -0.05) is 0 Å². The quantitative estimate of drug-likeness (QED) is 0.848. The van der Waals surface area contributed by atoms with Gasteiger partial charge in [0.2, 0.25) is 0 Å². The van der Waals surface area contributed by atoms with E-state index in [1.807, 2.05) is 13.8 Å². The Balaban J connectivity index is 3.01. The summed E-state index contributed by atoms with van der Waals surface area (Å²) in [6.45, 7) is 3.96. The number of phenolic OH excluding ortho intramolecular Hbond substituents is 1. The lowest BCUT2D eigenvalue weighted by atomic mass is 9.95. The summed E-state index contributed by atoms with van der Waals surface area (Å²) in [6.07, 6.45) is 0.399. The highest BCUT2D eigenvalue weighted by molar-refractivity contribution is 5.40. The smallest absolute Gasteiger partial charge is 0.121 e. The number of ether oxygens (including phenoxy) is 3. The average molecular weight is 254 g/mol. The van der Waals surface area contributed by atoms with E-state index in [2.05, 4.69) is 0 Å². The Morgan fingerprint density at radius 3 is 2.39 bits per heavy atom. The molecule has 0 saturated carbocycles. The third kappa shape index (κ3) is 3.62. The molecule has 18 heavy (non-hydrogen) atoms. The van der Waals surface area contributed by atoms with Gasteiger partial charge in [-0.3, -0.25) is 0 Å². The maximum Gasteiger partial charge on any atom is 0.121 e. The van der Waals surface area contributed by atoms with Crippen LogP contribution in [0.25, 0.3) is 0 Å². The third-order valence-corrected chi connectivity index (χ3v) is 3.10. The highest BCUT2D eigenvalue weighted by Crippen LogP contribution is 2.35. The van der Waals surface area contributed by atoms with E-state index in [0.29, 0.717) is 17.7 Å². The maximum absolute atomic E-state index is 9.93. The number of phenols is 1. The summed E-state index contributed by atoms with van der Waals surface area (Å²) in [5.41, 5.74) is 0.387. The van der Waals surface area contributed by atoms with Crippen LogP contribution in [0.5, 0.6) is 11.5 Å². The van der Waals surface area contributed by atoms with Gasteiger partial charge in [0.1, 0.15) is 11.5 Å². The summed E-state index contributed by atoms with van der Waals surface area (Å²) in [4.78, 5) is 0. The van der Waals surface area contributed by atoms with Gasteiger partial charge in [-0.05, 0) is 32.0 Å². The fourth-order valence-corrected chi connectivity index (χ4v) is 1.77. The Hall–Kier alpha value is -1.26. The zero-order valence-electron chi connectivity index (χ0n) is 11.7. The normalized spacial score (nSPS) is 13.4. The van der Waals surface area contributed by atoms with Crippen LogP contribution in [0.1, 0.15) is 31.9 Å². The van der Waals surface area contributed by atoms with Crippen LogP contribution in [-0.2, 0) is 9.47 Å². The molecular weight excluding hydrogens is 232 g/mol. The summed E-state index contributed by atoms with van der Waals surface area (Å²) in [5, 5.41) is 9.93. The molecule has 0 radical (unpaired) electrons. The van der Waals surface area contributed by atoms with E-state index in [4.69, 9.17) is 14.2 Å². The second kappa shape index (κ2) is 6.07. The number of hydrogen-bond acceptors (Lipinski definition) is 4. The molecule has 1 unspecified atom stereocenters. The van der Waals surface area contributed by atoms with Crippen molar-refractivity contribution in [3.05, 3.63) is 23.8 Å². The molecule has 1 rings (SSSR count). The van der Waals surface area contributed by atoms with Crippen LogP contribution in [0, 0.1) is 0 Å². The topological polar surface area (TPSA) is 47.9 Å². The predicted octanol–water partition coefficient (Wildman–Crippen LogP) is 2.90. The highest BCUT2D eigenvalue weighted by atomic mass is 16.5. The van der Waals surface area contributed by atoms with Gasteiger partial charge in [0, 0.05) is 26.2 Å². The van der Waals surface area contributed by atoms with Crippen LogP contribution in [0.4, 0.5) is 0 Å². The van der Waals surface area contributed by atoms with Crippen molar-refractivity contribution in [2.45, 2.75) is 32.0 Å². The molecule has 1 N–H and O–H groups in total. The van der Waals surface area contributed by atoms with Crippen molar-refractivity contribution in [2.75, 3.05) is 21.3 Å². The Labute approximate surface area is 108 Å². The zero-order valence-corrected chi connectivity index (χ0v) is 11.7. The molecule has 102 valence electrons. The Bertz CT molecular complexity index is 387. The van der Waals surface area contributed by atoms with Gasteiger partial charge in [0.05, 0.1) is 18.8 Å². The molecule has 0 heterocycles. The lowest BCUT2D eigenvalue weighted by Crippen LogP contribution is -2.26. The minimum atomic E-state index is -0.323. The molecule has 0 fully saturated rings.